The van der Waals surface area contributed by atoms with Gasteiger partial charge in [0.2, 0.25) is 0 Å². The molecule has 1 aliphatic heterocycles. The number of hydrogen-bond donors (Lipinski definition) is 3. The number of nitrogens with one attached hydrogen (secondary N) is 3. The normalized spacial score (nSPS) is 15.6. The first-order valence-corrected chi connectivity index (χ1v) is 4.50. The van der Waals surface area contributed by atoms with Gasteiger partial charge in [0, 0.05) is 32.5 Å². The molecular formula is C10H16N4. The second-order valence-electron chi connectivity index (χ2n) is 3.08. The first kappa shape index (κ1) is 10.4. The van der Waals surface area contributed by atoms with Crippen LogP contribution >= 0.6 is 0 Å². The third-order valence-electron chi connectivity index (χ3n) is 1.80. The van der Waals surface area contributed by atoms with Crippen molar-refractivity contribution in [2.75, 3.05) is 20.6 Å². The van der Waals surface area contributed by atoms with E-state index >= 15 is 0 Å². The second kappa shape index (κ2) is 5.11. The molecule has 76 valence electrons. The quantitative estimate of drug-likeness (QED) is 0.454. The average molecular weight is 192 g/mol. The van der Waals surface area contributed by atoms with Gasteiger partial charge >= 0.3 is 0 Å². The fraction of sp³-hybridized carbons (Fsp3) is 0.300. The lowest BCUT2D eigenvalue weighted by molar-refractivity contribution is 0.501. The Kier molecular flexibility index (Phi) is 3.79. The molecule has 0 amide bonds. The molecule has 0 fully saturated rings. The Morgan fingerprint density at radius 3 is 3.00 bits per heavy atom. The van der Waals surface area contributed by atoms with Crippen molar-refractivity contribution in [3.05, 3.63) is 36.3 Å². The van der Waals surface area contributed by atoms with Crippen LogP contribution in [0.1, 0.15) is 0 Å². The zero-order valence-corrected chi connectivity index (χ0v) is 8.54. The first-order valence-electron chi connectivity index (χ1n) is 4.50. The molecule has 0 saturated carbocycles. The van der Waals surface area contributed by atoms with Crippen molar-refractivity contribution < 1.29 is 0 Å². The van der Waals surface area contributed by atoms with E-state index in [0.29, 0.717) is 5.84 Å². The molecule has 1 rings (SSSR count). The molecule has 14 heavy (non-hydrogen) atoms. The minimum absolute atomic E-state index is 0.375. The Morgan fingerprint density at radius 1 is 1.64 bits per heavy atom. The molecule has 0 unspecified atom stereocenters. The van der Waals surface area contributed by atoms with Gasteiger partial charge in [-0.15, -0.1) is 0 Å². The van der Waals surface area contributed by atoms with E-state index in [4.69, 9.17) is 5.41 Å². The van der Waals surface area contributed by atoms with Gasteiger partial charge in [0.25, 0.3) is 0 Å². The molecule has 1 heterocycles. The summed E-state index contributed by atoms with van der Waals surface area (Å²) >= 11 is 0. The molecule has 4 heteroatoms. The van der Waals surface area contributed by atoms with Crippen LogP contribution in [0.4, 0.5) is 0 Å². The van der Waals surface area contributed by atoms with Crippen molar-refractivity contribution in [2.45, 2.75) is 0 Å². The van der Waals surface area contributed by atoms with Crippen molar-refractivity contribution in [3.63, 3.8) is 0 Å². The topological polar surface area (TPSA) is 51.2 Å². The SMILES string of the molecule is CN/C=C\C(=N)NC1=CCN(C)C=C1. The van der Waals surface area contributed by atoms with Crippen LogP contribution in [0.15, 0.2) is 36.3 Å². The van der Waals surface area contributed by atoms with Crippen LogP contribution < -0.4 is 10.6 Å². The summed E-state index contributed by atoms with van der Waals surface area (Å²) in [4.78, 5) is 2.07. The standard InChI is InChI=1S/C10H16N4/c1-12-6-3-10(11)13-9-4-7-14(2)8-5-9/h3-7,12H,8H2,1-2H3,(H2,11,13)/b6-3-. The Morgan fingerprint density at radius 2 is 2.43 bits per heavy atom. The molecule has 1 aliphatic rings. The Hall–Kier alpha value is -1.71. The summed E-state index contributed by atoms with van der Waals surface area (Å²) in [5.74, 6) is 0.375. The summed E-state index contributed by atoms with van der Waals surface area (Å²) in [5, 5.41) is 13.4. The van der Waals surface area contributed by atoms with Crippen molar-refractivity contribution >= 4 is 5.84 Å². The summed E-state index contributed by atoms with van der Waals surface area (Å²) in [6.07, 6.45) is 9.37. The Bertz CT molecular complexity index is 288. The van der Waals surface area contributed by atoms with E-state index < -0.39 is 0 Å². The molecule has 0 aliphatic carbocycles. The number of rotatable bonds is 3. The van der Waals surface area contributed by atoms with Crippen LogP contribution in [0.5, 0.6) is 0 Å². The van der Waals surface area contributed by atoms with Crippen LogP contribution in [-0.2, 0) is 0 Å². The lowest BCUT2D eigenvalue weighted by Crippen LogP contribution is -2.23. The zero-order chi connectivity index (χ0) is 10.4. The monoisotopic (exact) mass is 192 g/mol. The summed E-state index contributed by atoms with van der Waals surface area (Å²) < 4.78 is 0. The largest absolute Gasteiger partial charge is 0.394 e. The fourth-order valence-electron chi connectivity index (χ4n) is 1.04. The predicted octanol–water partition coefficient (Wildman–Crippen LogP) is 0.629. The van der Waals surface area contributed by atoms with E-state index in [0.717, 1.165) is 12.2 Å². The third kappa shape index (κ3) is 3.35. The number of hydrogen-bond acceptors (Lipinski definition) is 3. The summed E-state index contributed by atoms with van der Waals surface area (Å²) in [7, 11) is 3.81. The predicted molar refractivity (Wildman–Crippen MR) is 58.9 cm³/mol. The van der Waals surface area contributed by atoms with Gasteiger partial charge in [-0.3, -0.25) is 5.41 Å². The third-order valence-corrected chi connectivity index (χ3v) is 1.80. The van der Waals surface area contributed by atoms with Gasteiger partial charge < -0.3 is 15.5 Å². The highest BCUT2D eigenvalue weighted by atomic mass is 15.1. The van der Waals surface area contributed by atoms with E-state index in [1.165, 1.54) is 0 Å². The highest BCUT2D eigenvalue weighted by Crippen LogP contribution is 2.01. The molecule has 0 spiro atoms. The Balaban J connectivity index is 2.42. The van der Waals surface area contributed by atoms with Crippen LogP contribution in [0.3, 0.4) is 0 Å². The van der Waals surface area contributed by atoms with Crippen molar-refractivity contribution in [1.82, 2.24) is 15.5 Å². The number of nitrogens with zero attached hydrogens (tertiary/aromatic N) is 1. The zero-order valence-electron chi connectivity index (χ0n) is 8.54. The molecule has 4 nitrogen and oxygen atoms in total. The minimum Gasteiger partial charge on any atom is -0.394 e. The number of allylic oxidation sites excluding steroid dienone is 1. The molecule has 0 saturated heterocycles. The van der Waals surface area contributed by atoms with Crippen molar-refractivity contribution in [1.29, 1.82) is 5.41 Å². The highest BCUT2D eigenvalue weighted by molar-refractivity contribution is 5.91. The second-order valence-corrected chi connectivity index (χ2v) is 3.08. The summed E-state index contributed by atoms with van der Waals surface area (Å²) in [6, 6.07) is 0. The lowest BCUT2D eigenvalue weighted by Gasteiger charge is -2.17. The highest BCUT2D eigenvalue weighted by Gasteiger charge is 2.00. The van der Waals surface area contributed by atoms with Crippen LogP contribution in [0.25, 0.3) is 0 Å². The first-order chi connectivity index (χ1) is 6.72. The molecule has 0 atom stereocenters. The van der Waals surface area contributed by atoms with Gasteiger partial charge in [-0.2, -0.15) is 0 Å². The smallest absolute Gasteiger partial charge is 0.123 e. The van der Waals surface area contributed by atoms with Crippen molar-refractivity contribution in [3.8, 4) is 0 Å². The maximum Gasteiger partial charge on any atom is 0.123 e. The van der Waals surface area contributed by atoms with Gasteiger partial charge in [0.1, 0.15) is 5.84 Å². The van der Waals surface area contributed by atoms with Gasteiger partial charge in [-0.25, -0.2) is 0 Å². The maximum atomic E-state index is 7.55. The molecule has 0 bridgehead atoms. The molecule has 0 aromatic heterocycles. The molecule has 0 radical (unpaired) electrons. The Labute approximate surface area is 84.5 Å². The van der Waals surface area contributed by atoms with E-state index in [1.807, 2.05) is 25.4 Å². The summed E-state index contributed by atoms with van der Waals surface area (Å²) in [6.45, 7) is 0.877. The van der Waals surface area contributed by atoms with Gasteiger partial charge in [-0.05, 0) is 24.4 Å². The van der Waals surface area contributed by atoms with Crippen LogP contribution in [0.2, 0.25) is 0 Å². The van der Waals surface area contributed by atoms with Gasteiger partial charge in [0.05, 0.1) is 0 Å². The number of amidine groups is 1. The average Bonchev–Trinajstić information content (AvgIpc) is 2.18. The minimum atomic E-state index is 0.375. The van der Waals surface area contributed by atoms with Crippen LogP contribution in [-0.4, -0.2) is 31.4 Å². The number of likely N-dealkylation sites (N-methyl/N-ethyl adjacent to an activating group) is 1. The van der Waals surface area contributed by atoms with Gasteiger partial charge in [0.15, 0.2) is 0 Å². The van der Waals surface area contributed by atoms with Crippen LogP contribution in [0, 0.1) is 5.41 Å². The van der Waals surface area contributed by atoms with E-state index in [2.05, 4.69) is 15.5 Å². The molecule has 0 aromatic rings. The van der Waals surface area contributed by atoms with Crippen molar-refractivity contribution in [2.24, 2.45) is 0 Å². The maximum absolute atomic E-state index is 7.55. The van der Waals surface area contributed by atoms with E-state index in [9.17, 15) is 0 Å². The van der Waals surface area contributed by atoms with E-state index in [-0.39, 0.29) is 0 Å². The fourth-order valence-corrected chi connectivity index (χ4v) is 1.04. The molecule has 3 N–H and O–H groups in total. The summed E-state index contributed by atoms with van der Waals surface area (Å²) in [5.41, 5.74) is 0.967. The van der Waals surface area contributed by atoms with E-state index in [1.54, 1.807) is 19.3 Å². The molecule has 0 aromatic carbocycles. The molecular weight excluding hydrogens is 176 g/mol. The lowest BCUT2D eigenvalue weighted by atomic mass is 10.3. The van der Waals surface area contributed by atoms with Gasteiger partial charge in [-0.1, -0.05) is 0 Å².